The van der Waals surface area contributed by atoms with E-state index >= 15 is 0 Å². The topological polar surface area (TPSA) is 98.9 Å². The number of aliphatic carboxylic acids is 1. The normalized spacial score (nSPS) is 15.4. The maximum Gasteiger partial charge on any atom is 0.320 e. The summed E-state index contributed by atoms with van der Waals surface area (Å²) in [5.41, 5.74) is 5.72. The number of carbonyl (C=O) groups is 2. The van der Waals surface area contributed by atoms with E-state index in [-0.39, 0.29) is 12.2 Å². The summed E-state index contributed by atoms with van der Waals surface area (Å²) >= 11 is 0. The zero-order chi connectivity index (χ0) is 13.8. The Morgan fingerprint density at radius 1 is 1.26 bits per heavy atom. The van der Waals surface area contributed by atoms with Gasteiger partial charge in [0.1, 0.15) is 6.04 Å². The standard InChI is InChI=1S/C13H15NO5/c14-9(13(16)17)7-10(15)8-2-3-11-12(6-8)19-5-1-4-18-11/h2-3,6,9H,1,4-5,7,14H2,(H,16,17)/t9-/m0/s1. The molecule has 19 heavy (non-hydrogen) atoms. The van der Waals surface area contributed by atoms with Crippen LogP contribution in [0.2, 0.25) is 0 Å². The summed E-state index contributed by atoms with van der Waals surface area (Å²) in [5, 5.41) is 8.69. The first-order chi connectivity index (χ1) is 9.08. The van der Waals surface area contributed by atoms with Crippen molar-refractivity contribution in [3.63, 3.8) is 0 Å². The van der Waals surface area contributed by atoms with Gasteiger partial charge in [-0.15, -0.1) is 0 Å². The third-order valence-electron chi connectivity index (χ3n) is 2.79. The Labute approximate surface area is 110 Å². The van der Waals surface area contributed by atoms with E-state index in [1.54, 1.807) is 18.2 Å². The third kappa shape index (κ3) is 3.23. The molecule has 1 atom stereocenters. The number of carboxylic acids is 1. The van der Waals surface area contributed by atoms with Gasteiger partial charge in [0, 0.05) is 18.4 Å². The van der Waals surface area contributed by atoms with Crippen LogP contribution in [0.3, 0.4) is 0 Å². The van der Waals surface area contributed by atoms with Crippen molar-refractivity contribution in [2.45, 2.75) is 18.9 Å². The quantitative estimate of drug-likeness (QED) is 0.782. The van der Waals surface area contributed by atoms with Crippen molar-refractivity contribution in [3.8, 4) is 11.5 Å². The molecule has 1 aliphatic rings. The molecule has 1 heterocycles. The molecule has 1 aromatic carbocycles. The summed E-state index contributed by atoms with van der Waals surface area (Å²) in [6.07, 6.45) is 0.539. The summed E-state index contributed by atoms with van der Waals surface area (Å²) in [6.45, 7) is 1.10. The molecule has 6 heteroatoms. The van der Waals surface area contributed by atoms with Gasteiger partial charge in [-0.25, -0.2) is 0 Å². The molecule has 2 rings (SSSR count). The monoisotopic (exact) mass is 265 g/mol. The number of carboxylic acid groups (broad SMARTS) is 1. The Hall–Kier alpha value is -2.08. The second-order valence-corrected chi connectivity index (χ2v) is 4.28. The number of benzene rings is 1. The minimum Gasteiger partial charge on any atom is -0.490 e. The lowest BCUT2D eigenvalue weighted by Crippen LogP contribution is -2.32. The molecule has 0 fully saturated rings. The molecule has 3 N–H and O–H groups in total. The average molecular weight is 265 g/mol. The maximum atomic E-state index is 11.9. The third-order valence-corrected chi connectivity index (χ3v) is 2.79. The van der Waals surface area contributed by atoms with E-state index in [2.05, 4.69) is 0 Å². The number of hydrogen-bond donors (Lipinski definition) is 2. The molecular weight excluding hydrogens is 250 g/mol. The van der Waals surface area contributed by atoms with Crippen LogP contribution in [0.4, 0.5) is 0 Å². The Morgan fingerprint density at radius 2 is 1.95 bits per heavy atom. The van der Waals surface area contributed by atoms with Gasteiger partial charge in [-0.1, -0.05) is 0 Å². The molecule has 0 saturated heterocycles. The van der Waals surface area contributed by atoms with Gasteiger partial charge in [0.15, 0.2) is 17.3 Å². The predicted octanol–water partition coefficient (Wildman–Crippen LogP) is 0.833. The van der Waals surface area contributed by atoms with Gasteiger partial charge in [0.25, 0.3) is 0 Å². The Bertz CT molecular complexity index is 500. The number of ether oxygens (including phenoxy) is 2. The molecule has 0 radical (unpaired) electrons. The van der Waals surface area contributed by atoms with Gasteiger partial charge >= 0.3 is 5.97 Å². The first kappa shape index (κ1) is 13.4. The van der Waals surface area contributed by atoms with Crippen molar-refractivity contribution in [1.82, 2.24) is 0 Å². The lowest BCUT2D eigenvalue weighted by atomic mass is 10.0. The highest BCUT2D eigenvalue weighted by molar-refractivity contribution is 5.99. The van der Waals surface area contributed by atoms with Crippen molar-refractivity contribution in [2.24, 2.45) is 5.73 Å². The van der Waals surface area contributed by atoms with Crippen LogP contribution in [-0.4, -0.2) is 36.1 Å². The zero-order valence-electron chi connectivity index (χ0n) is 10.3. The maximum absolute atomic E-state index is 11.9. The predicted molar refractivity (Wildman–Crippen MR) is 66.6 cm³/mol. The summed E-state index contributed by atoms with van der Waals surface area (Å²) in [4.78, 5) is 22.5. The molecule has 0 aromatic heterocycles. The molecule has 0 aliphatic carbocycles. The molecule has 1 aliphatic heterocycles. The van der Waals surface area contributed by atoms with Gasteiger partial charge in [-0.2, -0.15) is 0 Å². The number of fused-ring (bicyclic) bond motifs is 1. The smallest absolute Gasteiger partial charge is 0.320 e. The molecule has 6 nitrogen and oxygen atoms in total. The van der Waals surface area contributed by atoms with Crippen LogP contribution in [-0.2, 0) is 4.79 Å². The van der Waals surface area contributed by atoms with Gasteiger partial charge in [0.05, 0.1) is 13.2 Å². The van der Waals surface area contributed by atoms with Gasteiger partial charge in [0.2, 0.25) is 0 Å². The van der Waals surface area contributed by atoms with Gasteiger partial charge < -0.3 is 20.3 Å². The Kier molecular flexibility index (Phi) is 4.01. The van der Waals surface area contributed by atoms with E-state index in [9.17, 15) is 9.59 Å². The number of nitrogens with two attached hydrogens (primary N) is 1. The van der Waals surface area contributed by atoms with Crippen molar-refractivity contribution < 1.29 is 24.2 Å². The van der Waals surface area contributed by atoms with Crippen molar-refractivity contribution in [2.75, 3.05) is 13.2 Å². The number of ketones is 1. The van der Waals surface area contributed by atoms with Gasteiger partial charge in [-0.05, 0) is 18.2 Å². The van der Waals surface area contributed by atoms with Crippen molar-refractivity contribution in [3.05, 3.63) is 23.8 Å². The second kappa shape index (κ2) is 5.71. The highest BCUT2D eigenvalue weighted by atomic mass is 16.5. The number of hydrogen-bond acceptors (Lipinski definition) is 5. The minimum absolute atomic E-state index is 0.241. The Morgan fingerprint density at radius 3 is 2.63 bits per heavy atom. The van der Waals surface area contributed by atoms with Crippen molar-refractivity contribution >= 4 is 11.8 Å². The Balaban J connectivity index is 2.15. The molecule has 0 saturated carbocycles. The largest absolute Gasteiger partial charge is 0.490 e. The van der Waals surface area contributed by atoms with Crippen LogP contribution in [0.15, 0.2) is 18.2 Å². The summed E-state index contributed by atoms with van der Waals surface area (Å²) in [6, 6.07) is 3.62. The van der Waals surface area contributed by atoms with Crippen LogP contribution in [0.5, 0.6) is 11.5 Å². The first-order valence-corrected chi connectivity index (χ1v) is 5.99. The van der Waals surface area contributed by atoms with E-state index < -0.39 is 12.0 Å². The van der Waals surface area contributed by atoms with Crippen molar-refractivity contribution in [1.29, 1.82) is 0 Å². The SMILES string of the molecule is N[C@@H](CC(=O)c1ccc2c(c1)OCCCO2)C(=O)O. The van der Waals surface area contributed by atoms with Crippen LogP contribution in [0, 0.1) is 0 Å². The number of Topliss-reactive ketones (excluding diaryl/α,β-unsaturated/α-hetero) is 1. The van der Waals surface area contributed by atoms with E-state index in [1.165, 1.54) is 0 Å². The average Bonchev–Trinajstić information content (AvgIpc) is 2.62. The fourth-order valence-electron chi connectivity index (χ4n) is 1.74. The highest BCUT2D eigenvalue weighted by Crippen LogP contribution is 2.30. The summed E-state index contributed by atoms with van der Waals surface area (Å²) in [5.74, 6) is -0.419. The van der Waals surface area contributed by atoms with E-state index in [4.69, 9.17) is 20.3 Å². The van der Waals surface area contributed by atoms with Crippen LogP contribution in [0.1, 0.15) is 23.2 Å². The minimum atomic E-state index is -1.19. The molecule has 1 aromatic rings. The fourth-order valence-corrected chi connectivity index (χ4v) is 1.74. The fraction of sp³-hybridized carbons (Fsp3) is 0.385. The molecule has 102 valence electrons. The molecule has 0 bridgehead atoms. The van der Waals surface area contributed by atoms with Crippen LogP contribution in [0.25, 0.3) is 0 Å². The van der Waals surface area contributed by atoms with E-state index in [1.807, 2.05) is 0 Å². The molecule has 0 unspecified atom stereocenters. The lowest BCUT2D eigenvalue weighted by molar-refractivity contribution is -0.138. The highest BCUT2D eigenvalue weighted by Gasteiger charge is 2.19. The molecular formula is C13H15NO5. The van der Waals surface area contributed by atoms with E-state index in [0.29, 0.717) is 30.3 Å². The van der Waals surface area contributed by atoms with E-state index in [0.717, 1.165) is 6.42 Å². The first-order valence-electron chi connectivity index (χ1n) is 5.99. The zero-order valence-corrected chi connectivity index (χ0v) is 10.3. The second-order valence-electron chi connectivity index (χ2n) is 4.28. The summed E-state index contributed by atoms with van der Waals surface area (Å²) < 4.78 is 10.9. The molecule has 0 amide bonds. The number of carbonyl (C=O) groups excluding carboxylic acids is 1. The van der Waals surface area contributed by atoms with Crippen LogP contribution < -0.4 is 15.2 Å². The summed E-state index contributed by atoms with van der Waals surface area (Å²) in [7, 11) is 0. The van der Waals surface area contributed by atoms with Gasteiger partial charge in [-0.3, -0.25) is 9.59 Å². The number of rotatable bonds is 4. The lowest BCUT2D eigenvalue weighted by Gasteiger charge is -2.10. The molecule has 0 spiro atoms. The van der Waals surface area contributed by atoms with Crippen LogP contribution >= 0.6 is 0 Å².